The third-order valence-electron chi connectivity index (χ3n) is 4.50. The number of aromatic amines is 1. The molecule has 4 rings (SSSR count). The number of amides is 1. The normalized spacial score (nSPS) is 10.6. The number of rotatable bonds is 7. The number of ether oxygens (including phenoxy) is 1. The molecule has 2 N–H and O–H groups in total. The van der Waals surface area contributed by atoms with Gasteiger partial charge in [-0.2, -0.15) is 0 Å². The van der Waals surface area contributed by atoms with Crippen LogP contribution in [0.25, 0.3) is 22.5 Å². The molecule has 0 aliphatic heterocycles. The van der Waals surface area contributed by atoms with E-state index in [2.05, 4.69) is 20.5 Å². The molecule has 0 fully saturated rings. The van der Waals surface area contributed by atoms with Gasteiger partial charge < -0.3 is 10.1 Å². The smallest absolute Gasteiger partial charge is 0.234 e. The first kappa shape index (κ1) is 21.0. The van der Waals surface area contributed by atoms with Crippen LogP contribution < -0.4 is 10.1 Å². The van der Waals surface area contributed by atoms with E-state index in [1.165, 1.54) is 11.8 Å². The Kier molecular flexibility index (Phi) is 6.54. The van der Waals surface area contributed by atoms with E-state index < -0.39 is 0 Å². The molecule has 0 bridgehead atoms. The number of hydrogen-bond donors (Lipinski definition) is 2. The number of carbonyl (C=O) groups is 1. The van der Waals surface area contributed by atoms with Crippen molar-refractivity contribution in [2.75, 3.05) is 18.2 Å². The molecule has 8 heteroatoms. The Hall–Kier alpha value is -3.29. The molecule has 3 aromatic carbocycles. The van der Waals surface area contributed by atoms with Crippen molar-refractivity contribution in [3.05, 3.63) is 77.8 Å². The number of para-hydroxylation sites is 1. The molecule has 1 amide bonds. The van der Waals surface area contributed by atoms with Gasteiger partial charge in [0, 0.05) is 16.3 Å². The standard InChI is InChI=1S/C23H19ClN4O2S/c1-30-20-12-11-16(24)13-18(20)22-26-23(28-27-22)31-14-21(29)25-19-10-6-5-9-17(19)15-7-3-2-4-8-15/h2-13H,14H2,1H3,(H,25,29)(H,26,27,28). The highest BCUT2D eigenvalue weighted by atomic mass is 35.5. The van der Waals surface area contributed by atoms with Crippen LogP contribution in [0.5, 0.6) is 5.75 Å². The van der Waals surface area contributed by atoms with Crippen LogP contribution in [0.15, 0.2) is 78.0 Å². The van der Waals surface area contributed by atoms with Crippen LogP contribution >= 0.6 is 23.4 Å². The minimum absolute atomic E-state index is 0.139. The molecule has 156 valence electrons. The maximum absolute atomic E-state index is 12.6. The first-order valence-electron chi connectivity index (χ1n) is 9.47. The SMILES string of the molecule is COc1ccc(Cl)cc1-c1nc(SCC(=O)Nc2ccccc2-c2ccccc2)n[nH]1. The molecular formula is C23H19ClN4O2S. The predicted molar refractivity (Wildman–Crippen MR) is 125 cm³/mol. The number of nitrogens with zero attached hydrogens (tertiary/aromatic N) is 2. The van der Waals surface area contributed by atoms with Gasteiger partial charge in [-0.25, -0.2) is 4.98 Å². The summed E-state index contributed by atoms with van der Waals surface area (Å²) in [7, 11) is 1.58. The van der Waals surface area contributed by atoms with Crippen LogP contribution in [0.2, 0.25) is 5.02 Å². The second-order valence-electron chi connectivity index (χ2n) is 6.56. The van der Waals surface area contributed by atoms with E-state index in [0.29, 0.717) is 27.3 Å². The number of carbonyl (C=O) groups excluding carboxylic acids is 1. The molecule has 0 aliphatic rings. The van der Waals surface area contributed by atoms with E-state index >= 15 is 0 Å². The van der Waals surface area contributed by atoms with Gasteiger partial charge in [0.25, 0.3) is 0 Å². The number of hydrogen-bond acceptors (Lipinski definition) is 5. The average Bonchev–Trinajstić information content (AvgIpc) is 3.28. The minimum atomic E-state index is -0.139. The summed E-state index contributed by atoms with van der Waals surface area (Å²) in [5, 5.41) is 11.1. The van der Waals surface area contributed by atoms with E-state index in [4.69, 9.17) is 16.3 Å². The van der Waals surface area contributed by atoms with Crippen molar-refractivity contribution in [2.45, 2.75) is 5.16 Å². The molecule has 0 aliphatic carbocycles. The van der Waals surface area contributed by atoms with Crippen LogP contribution in [-0.4, -0.2) is 34.0 Å². The molecule has 0 saturated carbocycles. The van der Waals surface area contributed by atoms with Gasteiger partial charge in [-0.3, -0.25) is 9.89 Å². The second-order valence-corrected chi connectivity index (χ2v) is 7.94. The van der Waals surface area contributed by atoms with Crippen molar-refractivity contribution in [3.63, 3.8) is 0 Å². The number of anilines is 1. The predicted octanol–water partition coefficient (Wildman–Crippen LogP) is 5.53. The Morgan fingerprint density at radius 3 is 2.65 bits per heavy atom. The molecule has 6 nitrogen and oxygen atoms in total. The number of thioether (sulfide) groups is 1. The molecule has 0 saturated heterocycles. The molecule has 0 radical (unpaired) electrons. The van der Waals surface area contributed by atoms with Gasteiger partial charge in [0.1, 0.15) is 5.75 Å². The fourth-order valence-electron chi connectivity index (χ4n) is 3.07. The van der Waals surface area contributed by atoms with Crippen LogP contribution in [0, 0.1) is 0 Å². The van der Waals surface area contributed by atoms with Gasteiger partial charge in [-0.1, -0.05) is 71.9 Å². The second kappa shape index (κ2) is 9.68. The summed E-state index contributed by atoms with van der Waals surface area (Å²) in [5.41, 5.74) is 3.48. The maximum atomic E-state index is 12.6. The Morgan fingerprint density at radius 2 is 1.84 bits per heavy atom. The highest BCUT2D eigenvalue weighted by Gasteiger charge is 2.14. The zero-order valence-electron chi connectivity index (χ0n) is 16.6. The molecule has 0 unspecified atom stereocenters. The van der Waals surface area contributed by atoms with Gasteiger partial charge in [0.05, 0.1) is 18.4 Å². The zero-order valence-corrected chi connectivity index (χ0v) is 18.2. The topological polar surface area (TPSA) is 79.9 Å². The van der Waals surface area contributed by atoms with Gasteiger partial charge in [0.2, 0.25) is 11.1 Å². The fraction of sp³-hybridized carbons (Fsp3) is 0.0870. The number of nitrogens with one attached hydrogen (secondary N) is 2. The number of H-pyrrole nitrogens is 1. The first-order chi connectivity index (χ1) is 15.1. The number of benzene rings is 3. The third-order valence-corrected chi connectivity index (χ3v) is 5.58. The fourth-order valence-corrected chi connectivity index (χ4v) is 3.85. The van der Waals surface area contributed by atoms with Crippen molar-refractivity contribution in [1.29, 1.82) is 0 Å². The van der Waals surface area contributed by atoms with E-state index in [1.807, 2.05) is 54.6 Å². The van der Waals surface area contributed by atoms with E-state index in [-0.39, 0.29) is 11.7 Å². The Labute approximate surface area is 189 Å². The molecule has 0 atom stereocenters. The summed E-state index contributed by atoms with van der Waals surface area (Å²) in [6, 6.07) is 22.9. The summed E-state index contributed by atoms with van der Waals surface area (Å²) in [6.07, 6.45) is 0. The van der Waals surface area contributed by atoms with Crippen molar-refractivity contribution < 1.29 is 9.53 Å². The van der Waals surface area contributed by atoms with E-state index in [9.17, 15) is 4.79 Å². The highest BCUT2D eigenvalue weighted by Crippen LogP contribution is 2.31. The van der Waals surface area contributed by atoms with Gasteiger partial charge in [-0.05, 0) is 29.8 Å². The van der Waals surface area contributed by atoms with Crippen molar-refractivity contribution >= 4 is 35.0 Å². The molecule has 31 heavy (non-hydrogen) atoms. The maximum Gasteiger partial charge on any atom is 0.234 e. The van der Waals surface area contributed by atoms with Crippen LogP contribution in [0.4, 0.5) is 5.69 Å². The molecular weight excluding hydrogens is 432 g/mol. The summed E-state index contributed by atoms with van der Waals surface area (Å²) >= 11 is 7.33. The molecule has 1 aromatic heterocycles. The molecule has 0 spiro atoms. The quantitative estimate of drug-likeness (QED) is 0.362. The monoisotopic (exact) mass is 450 g/mol. The lowest BCUT2D eigenvalue weighted by Gasteiger charge is -2.10. The molecule has 4 aromatic rings. The lowest BCUT2D eigenvalue weighted by atomic mass is 10.0. The average molecular weight is 451 g/mol. The summed E-state index contributed by atoms with van der Waals surface area (Å²) in [4.78, 5) is 17.0. The van der Waals surface area contributed by atoms with Gasteiger partial charge >= 0.3 is 0 Å². The van der Waals surface area contributed by atoms with Crippen LogP contribution in [0.3, 0.4) is 0 Å². The minimum Gasteiger partial charge on any atom is -0.496 e. The Morgan fingerprint density at radius 1 is 1.06 bits per heavy atom. The number of halogens is 1. The van der Waals surface area contributed by atoms with Gasteiger partial charge in [-0.15, -0.1) is 5.10 Å². The third kappa shape index (κ3) is 5.07. The Balaban J connectivity index is 1.43. The van der Waals surface area contributed by atoms with Crippen molar-refractivity contribution in [1.82, 2.24) is 15.2 Å². The van der Waals surface area contributed by atoms with Gasteiger partial charge in [0.15, 0.2) is 5.82 Å². The summed E-state index contributed by atoms with van der Waals surface area (Å²) < 4.78 is 5.36. The lowest BCUT2D eigenvalue weighted by molar-refractivity contribution is -0.113. The van der Waals surface area contributed by atoms with E-state index in [0.717, 1.165) is 16.8 Å². The number of aromatic nitrogens is 3. The van der Waals surface area contributed by atoms with Crippen molar-refractivity contribution in [2.24, 2.45) is 0 Å². The summed E-state index contributed by atoms with van der Waals surface area (Å²) in [5.74, 6) is 1.19. The van der Waals surface area contributed by atoms with Crippen molar-refractivity contribution in [3.8, 4) is 28.3 Å². The summed E-state index contributed by atoms with van der Waals surface area (Å²) in [6.45, 7) is 0. The lowest BCUT2D eigenvalue weighted by Crippen LogP contribution is -2.14. The van der Waals surface area contributed by atoms with Crippen LogP contribution in [-0.2, 0) is 4.79 Å². The van der Waals surface area contributed by atoms with Crippen LogP contribution in [0.1, 0.15) is 0 Å². The number of methoxy groups -OCH3 is 1. The zero-order chi connectivity index (χ0) is 21.6. The molecule has 1 heterocycles. The first-order valence-corrected chi connectivity index (χ1v) is 10.8. The van der Waals surface area contributed by atoms with E-state index in [1.54, 1.807) is 25.3 Å². The largest absolute Gasteiger partial charge is 0.496 e. The Bertz CT molecular complexity index is 1200. The highest BCUT2D eigenvalue weighted by molar-refractivity contribution is 7.99.